The second-order valence-corrected chi connectivity index (χ2v) is 10.9. The lowest BCUT2D eigenvalue weighted by atomic mass is 9.94. The standard InChI is InChI=1S/C30H32N6O8/c1-34(16-23(37)35-9-2-3-10-35)29(42)17-5-4-6-19(13-17)36-11-12-44-25(30(36)43)22(15-24(38)39)28(41)32-18-7-8-20-21(14-18)27(40)33-26(20)31/h4-8,13-14,22,25H,2-3,9-12,15-16H2,1H3,(H,32,41)(H,38,39)(H2,31,33,40)/t22-,25-/m1/s1. The first-order valence-corrected chi connectivity index (χ1v) is 14.2. The molecule has 2 atom stereocenters. The Balaban J connectivity index is 1.31. The molecule has 3 heterocycles. The number of anilines is 2. The Morgan fingerprint density at radius 3 is 2.57 bits per heavy atom. The van der Waals surface area contributed by atoms with Gasteiger partial charge in [0.2, 0.25) is 11.8 Å². The molecule has 2 aromatic rings. The summed E-state index contributed by atoms with van der Waals surface area (Å²) in [5, 5.41) is 22.3. The van der Waals surface area contributed by atoms with Gasteiger partial charge in [-0.15, -0.1) is 0 Å². The van der Waals surface area contributed by atoms with Crippen molar-refractivity contribution in [2.45, 2.75) is 25.4 Å². The van der Waals surface area contributed by atoms with Crippen LogP contribution in [0.25, 0.3) is 0 Å². The molecule has 2 aromatic carbocycles. The van der Waals surface area contributed by atoms with E-state index >= 15 is 0 Å². The predicted octanol–water partition coefficient (Wildman–Crippen LogP) is 0.911. The molecule has 0 aromatic heterocycles. The van der Waals surface area contributed by atoms with Gasteiger partial charge >= 0.3 is 5.97 Å². The number of nitrogens with one attached hydrogen (secondary N) is 3. The molecular weight excluding hydrogens is 572 g/mol. The lowest BCUT2D eigenvalue weighted by Gasteiger charge is -2.35. The summed E-state index contributed by atoms with van der Waals surface area (Å²) in [6.45, 7) is 1.37. The number of hydrogen-bond acceptors (Lipinski definition) is 8. The van der Waals surface area contributed by atoms with Gasteiger partial charge in [-0.05, 0) is 49.2 Å². The zero-order chi connectivity index (χ0) is 31.5. The van der Waals surface area contributed by atoms with Crippen LogP contribution in [0, 0.1) is 11.3 Å². The van der Waals surface area contributed by atoms with E-state index in [1.165, 1.54) is 41.1 Å². The molecule has 14 nitrogen and oxygen atoms in total. The second-order valence-electron chi connectivity index (χ2n) is 10.9. The summed E-state index contributed by atoms with van der Waals surface area (Å²) < 4.78 is 5.65. The Kier molecular flexibility index (Phi) is 8.71. The molecule has 0 saturated carbocycles. The lowest BCUT2D eigenvalue weighted by Crippen LogP contribution is -2.53. The Hall–Kier alpha value is -5.11. The van der Waals surface area contributed by atoms with Gasteiger partial charge in [-0.2, -0.15) is 0 Å². The first kappa shape index (κ1) is 30.4. The third-order valence-electron chi connectivity index (χ3n) is 7.84. The van der Waals surface area contributed by atoms with E-state index in [-0.39, 0.29) is 48.3 Å². The maximum atomic E-state index is 13.7. The van der Waals surface area contributed by atoms with Crippen molar-refractivity contribution in [3.8, 4) is 0 Å². The topological polar surface area (TPSA) is 190 Å². The number of fused-ring (bicyclic) bond motifs is 1. The van der Waals surface area contributed by atoms with E-state index < -0.39 is 48.0 Å². The Morgan fingerprint density at radius 1 is 1.09 bits per heavy atom. The summed E-state index contributed by atoms with van der Waals surface area (Å²) in [6, 6.07) is 10.6. The van der Waals surface area contributed by atoms with Crippen LogP contribution in [0.2, 0.25) is 0 Å². The Morgan fingerprint density at radius 2 is 1.84 bits per heavy atom. The monoisotopic (exact) mass is 604 g/mol. The van der Waals surface area contributed by atoms with Crippen molar-refractivity contribution in [1.82, 2.24) is 15.1 Å². The van der Waals surface area contributed by atoms with E-state index in [0.717, 1.165) is 12.8 Å². The molecule has 0 spiro atoms. The van der Waals surface area contributed by atoms with Crippen molar-refractivity contribution < 1.29 is 38.6 Å². The van der Waals surface area contributed by atoms with E-state index in [9.17, 15) is 33.9 Å². The number of carboxylic acids is 1. The number of rotatable bonds is 9. The van der Waals surface area contributed by atoms with Gasteiger partial charge in [0.25, 0.3) is 17.7 Å². The van der Waals surface area contributed by atoms with Gasteiger partial charge in [-0.25, -0.2) is 0 Å². The number of carboxylic acid groups (broad SMARTS) is 1. The largest absolute Gasteiger partial charge is 0.481 e. The first-order chi connectivity index (χ1) is 21.0. The number of ether oxygens (including phenoxy) is 1. The van der Waals surface area contributed by atoms with Crippen LogP contribution in [0.15, 0.2) is 42.5 Å². The molecule has 0 aliphatic carbocycles. The highest BCUT2D eigenvalue weighted by Crippen LogP contribution is 2.27. The van der Waals surface area contributed by atoms with E-state index in [2.05, 4.69) is 10.6 Å². The summed E-state index contributed by atoms with van der Waals surface area (Å²) in [5.41, 5.74) is 1.34. The van der Waals surface area contributed by atoms with Crippen molar-refractivity contribution in [3.63, 3.8) is 0 Å². The summed E-state index contributed by atoms with van der Waals surface area (Å²) >= 11 is 0. The minimum Gasteiger partial charge on any atom is -0.481 e. The molecule has 2 saturated heterocycles. The molecule has 0 unspecified atom stereocenters. The second kappa shape index (κ2) is 12.6. The number of amides is 5. The van der Waals surface area contributed by atoms with Gasteiger partial charge in [0, 0.05) is 49.2 Å². The Labute approximate surface area is 252 Å². The van der Waals surface area contributed by atoms with Crippen molar-refractivity contribution >= 4 is 52.7 Å². The zero-order valence-electron chi connectivity index (χ0n) is 24.0. The molecule has 14 heteroatoms. The number of carbonyl (C=O) groups excluding carboxylic acids is 5. The molecule has 44 heavy (non-hydrogen) atoms. The zero-order valence-corrected chi connectivity index (χ0v) is 24.0. The van der Waals surface area contributed by atoms with Crippen LogP contribution in [0.3, 0.4) is 0 Å². The number of aliphatic carboxylic acids is 1. The number of nitrogens with zero attached hydrogens (tertiary/aromatic N) is 3. The number of likely N-dealkylation sites (N-methyl/N-ethyl adjacent to an activating group) is 1. The van der Waals surface area contributed by atoms with Gasteiger partial charge in [-0.3, -0.25) is 34.2 Å². The van der Waals surface area contributed by atoms with E-state index in [1.807, 2.05) is 0 Å². The highest BCUT2D eigenvalue weighted by atomic mass is 16.5. The fourth-order valence-electron chi connectivity index (χ4n) is 5.56. The van der Waals surface area contributed by atoms with Crippen molar-refractivity contribution in [2.24, 2.45) is 5.92 Å². The molecule has 2 fully saturated rings. The van der Waals surface area contributed by atoms with Gasteiger partial charge in [0.1, 0.15) is 11.9 Å². The van der Waals surface area contributed by atoms with Crippen LogP contribution in [0.5, 0.6) is 0 Å². The molecular formula is C30H32N6O8. The van der Waals surface area contributed by atoms with Crippen molar-refractivity contribution in [3.05, 3.63) is 59.2 Å². The minimum atomic E-state index is -1.44. The number of benzene rings is 2. The van der Waals surface area contributed by atoms with E-state index in [0.29, 0.717) is 24.3 Å². The van der Waals surface area contributed by atoms with Crippen LogP contribution in [-0.4, -0.2) is 102 Å². The fraction of sp³-hybridized carbons (Fsp3) is 0.367. The number of amidine groups is 1. The smallest absolute Gasteiger partial charge is 0.304 e. The van der Waals surface area contributed by atoms with Gasteiger partial charge in [0.05, 0.1) is 31.1 Å². The summed E-state index contributed by atoms with van der Waals surface area (Å²) in [4.78, 5) is 80.9. The first-order valence-electron chi connectivity index (χ1n) is 14.2. The van der Waals surface area contributed by atoms with Crippen LogP contribution in [-0.2, 0) is 23.9 Å². The molecule has 3 aliphatic rings. The quantitative estimate of drug-likeness (QED) is 0.325. The Bertz CT molecular complexity index is 1550. The molecule has 230 valence electrons. The number of hydrogen-bond donors (Lipinski definition) is 4. The lowest BCUT2D eigenvalue weighted by molar-refractivity contribution is -0.149. The van der Waals surface area contributed by atoms with Crippen LogP contribution >= 0.6 is 0 Å². The van der Waals surface area contributed by atoms with Gasteiger partial charge < -0.3 is 35.2 Å². The molecule has 3 aliphatic heterocycles. The third kappa shape index (κ3) is 6.29. The molecule has 5 amide bonds. The maximum Gasteiger partial charge on any atom is 0.304 e. The number of carbonyl (C=O) groups is 6. The van der Waals surface area contributed by atoms with Crippen LogP contribution in [0.4, 0.5) is 11.4 Å². The van der Waals surface area contributed by atoms with E-state index in [1.54, 1.807) is 23.1 Å². The summed E-state index contributed by atoms with van der Waals surface area (Å²) in [6.07, 6.45) is -0.270. The maximum absolute atomic E-state index is 13.7. The predicted molar refractivity (Wildman–Crippen MR) is 156 cm³/mol. The molecule has 0 radical (unpaired) electrons. The molecule has 4 N–H and O–H groups in total. The van der Waals surface area contributed by atoms with Crippen molar-refractivity contribution in [2.75, 3.05) is 50.1 Å². The average molecular weight is 605 g/mol. The SMILES string of the molecule is CN(CC(=O)N1CCCC1)C(=O)c1cccc(N2CCO[C@H]([C@@H](CC(=O)O)C(=O)Nc3ccc4c(c3)C(=O)NC4=N)C2=O)c1. The minimum absolute atomic E-state index is 0.00332. The molecule has 5 rings (SSSR count). The van der Waals surface area contributed by atoms with Crippen molar-refractivity contribution in [1.29, 1.82) is 5.41 Å². The fourth-order valence-corrected chi connectivity index (χ4v) is 5.56. The summed E-state index contributed by atoms with van der Waals surface area (Å²) in [7, 11) is 1.53. The van der Waals surface area contributed by atoms with E-state index in [4.69, 9.17) is 10.1 Å². The van der Waals surface area contributed by atoms with Gasteiger partial charge in [-0.1, -0.05) is 6.07 Å². The third-order valence-corrected chi connectivity index (χ3v) is 7.84. The van der Waals surface area contributed by atoms with Crippen LogP contribution in [0.1, 0.15) is 45.5 Å². The normalized spacial score (nSPS) is 18.5. The summed E-state index contributed by atoms with van der Waals surface area (Å²) in [5.74, 6) is -5.30. The van der Waals surface area contributed by atoms with Crippen LogP contribution < -0.4 is 15.5 Å². The molecule has 0 bridgehead atoms. The average Bonchev–Trinajstić information content (AvgIpc) is 3.64. The highest BCUT2D eigenvalue weighted by Gasteiger charge is 2.41. The number of morpholine rings is 1. The number of likely N-dealkylation sites (tertiary alicyclic amines) is 1. The highest BCUT2D eigenvalue weighted by molar-refractivity contribution is 6.23. The van der Waals surface area contributed by atoms with Gasteiger partial charge in [0.15, 0.2) is 0 Å².